The Labute approximate surface area is 110 Å². The number of sulfone groups is 1. The molecule has 2 N–H and O–H groups in total. The molecule has 1 saturated heterocycles. The molecular formula is C11H12ClNO4S. The predicted octanol–water partition coefficient (Wildman–Crippen LogP) is 0.852. The topological polar surface area (TPSA) is 83.5 Å². The van der Waals surface area contributed by atoms with Gasteiger partial charge in [0.2, 0.25) is 0 Å². The van der Waals surface area contributed by atoms with Crippen molar-refractivity contribution < 1.29 is 18.3 Å². The molecule has 0 amide bonds. The Morgan fingerprint density at radius 2 is 2.11 bits per heavy atom. The Morgan fingerprint density at radius 3 is 2.72 bits per heavy atom. The molecular weight excluding hydrogens is 278 g/mol. The number of carboxylic acid groups (broad SMARTS) is 1. The van der Waals surface area contributed by atoms with Gasteiger partial charge in [-0.3, -0.25) is 10.1 Å². The minimum absolute atomic E-state index is 0.114. The maximum absolute atomic E-state index is 11.7. The van der Waals surface area contributed by atoms with E-state index in [2.05, 4.69) is 5.32 Å². The van der Waals surface area contributed by atoms with Crippen molar-refractivity contribution in [3.63, 3.8) is 0 Å². The van der Waals surface area contributed by atoms with Crippen LogP contribution >= 0.6 is 11.6 Å². The number of benzene rings is 1. The summed E-state index contributed by atoms with van der Waals surface area (Å²) in [4.78, 5) is 10.9. The van der Waals surface area contributed by atoms with Crippen molar-refractivity contribution in [2.75, 3.05) is 11.5 Å². The first-order valence-corrected chi connectivity index (χ1v) is 7.52. The second-order valence-electron chi connectivity index (χ2n) is 4.24. The second-order valence-corrected chi connectivity index (χ2v) is 6.83. The van der Waals surface area contributed by atoms with Crippen molar-refractivity contribution in [3.8, 4) is 0 Å². The van der Waals surface area contributed by atoms with Crippen LogP contribution in [0.3, 0.4) is 0 Å². The Bertz CT molecular complexity index is 572. The summed E-state index contributed by atoms with van der Waals surface area (Å²) in [5.41, 5.74) is 0.678. The van der Waals surface area contributed by atoms with E-state index in [1.807, 2.05) is 0 Å². The number of nitrogens with one attached hydrogen (secondary N) is 1. The van der Waals surface area contributed by atoms with E-state index in [-0.39, 0.29) is 11.5 Å². The molecule has 0 saturated carbocycles. The standard InChI is InChI=1S/C11H12ClNO4S/c12-8-3-1-2-7(4-8)9-5-18(16,17)6-10(13-9)11(14)15/h1-4,9-10,13H,5-6H2,(H,14,15). The van der Waals surface area contributed by atoms with Crippen molar-refractivity contribution in [3.05, 3.63) is 34.9 Å². The molecule has 7 heteroatoms. The first-order chi connectivity index (χ1) is 8.37. The molecule has 1 heterocycles. The lowest BCUT2D eigenvalue weighted by Crippen LogP contribution is -2.51. The molecule has 1 aromatic rings. The van der Waals surface area contributed by atoms with Gasteiger partial charge in [0.1, 0.15) is 6.04 Å². The fourth-order valence-corrected chi connectivity index (χ4v) is 3.85. The lowest BCUT2D eigenvalue weighted by Gasteiger charge is -2.28. The zero-order valence-electron chi connectivity index (χ0n) is 9.34. The van der Waals surface area contributed by atoms with E-state index in [0.29, 0.717) is 10.6 Å². The lowest BCUT2D eigenvalue weighted by molar-refractivity contribution is -0.139. The maximum atomic E-state index is 11.7. The summed E-state index contributed by atoms with van der Waals surface area (Å²) >= 11 is 5.84. The fourth-order valence-electron chi connectivity index (χ4n) is 1.97. The van der Waals surface area contributed by atoms with Crippen molar-refractivity contribution in [1.82, 2.24) is 5.32 Å². The van der Waals surface area contributed by atoms with Gasteiger partial charge in [-0.25, -0.2) is 8.42 Å². The van der Waals surface area contributed by atoms with Crippen molar-refractivity contribution in [2.45, 2.75) is 12.1 Å². The van der Waals surface area contributed by atoms with Gasteiger partial charge < -0.3 is 5.11 Å². The van der Waals surface area contributed by atoms with Crippen LogP contribution in [-0.2, 0) is 14.6 Å². The SMILES string of the molecule is O=C(O)C1CS(=O)(=O)CC(c2cccc(Cl)c2)N1. The third kappa shape index (κ3) is 3.01. The lowest BCUT2D eigenvalue weighted by atomic mass is 10.1. The molecule has 18 heavy (non-hydrogen) atoms. The molecule has 2 unspecified atom stereocenters. The highest BCUT2D eigenvalue weighted by molar-refractivity contribution is 7.91. The summed E-state index contributed by atoms with van der Waals surface area (Å²) in [5.74, 6) is -1.65. The van der Waals surface area contributed by atoms with Gasteiger partial charge in [0.15, 0.2) is 9.84 Å². The van der Waals surface area contributed by atoms with Crippen molar-refractivity contribution in [1.29, 1.82) is 0 Å². The molecule has 0 radical (unpaired) electrons. The van der Waals surface area contributed by atoms with Crippen LogP contribution in [0.15, 0.2) is 24.3 Å². The van der Waals surface area contributed by atoms with Gasteiger partial charge in [-0.15, -0.1) is 0 Å². The van der Waals surface area contributed by atoms with Crippen LogP contribution < -0.4 is 5.32 Å². The largest absolute Gasteiger partial charge is 0.480 e. The number of hydrogen-bond donors (Lipinski definition) is 2. The molecule has 2 atom stereocenters. The van der Waals surface area contributed by atoms with E-state index in [4.69, 9.17) is 16.7 Å². The van der Waals surface area contributed by atoms with Gasteiger partial charge in [0.25, 0.3) is 0 Å². The summed E-state index contributed by atoms with van der Waals surface area (Å²) in [7, 11) is -3.37. The van der Waals surface area contributed by atoms with E-state index in [0.717, 1.165) is 0 Å². The molecule has 98 valence electrons. The fraction of sp³-hybridized carbons (Fsp3) is 0.364. The number of halogens is 1. The molecule has 1 aromatic carbocycles. The number of carbonyl (C=O) groups is 1. The van der Waals surface area contributed by atoms with Crippen molar-refractivity contribution >= 4 is 27.4 Å². The third-order valence-corrected chi connectivity index (χ3v) is 4.71. The van der Waals surface area contributed by atoms with E-state index < -0.39 is 27.9 Å². The highest BCUT2D eigenvalue weighted by Gasteiger charge is 2.35. The predicted molar refractivity (Wildman–Crippen MR) is 67.4 cm³/mol. The van der Waals surface area contributed by atoms with Gasteiger partial charge in [0, 0.05) is 11.1 Å². The first-order valence-electron chi connectivity index (χ1n) is 5.32. The first kappa shape index (κ1) is 13.3. The summed E-state index contributed by atoms with van der Waals surface area (Å²) < 4.78 is 23.4. The summed E-state index contributed by atoms with van der Waals surface area (Å²) in [6.45, 7) is 0. The van der Waals surface area contributed by atoms with Crippen molar-refractivity contribution in [2.24, 2.45) is 0 Å². The van der Waals surface area contributed by atoms with Crippen LogP contribution in [0.25, 0.3) is 0 Å². The molecule has 1 aliphatic rings. The Kier molecular flexibility index (Phi) is 3.61. The normalized spacial score (nSPS) is 26.7. The number of rotatable bonds is 2. The average molecular weight is 290 g/mol. The van der Waals surface area contributed by atoms with Crippen LogP contribution in [0.4, 0.5) is 0 Å². The van der Waals surface area contributed by atoms with Crippen LogP contribution in [0, 0.1) is 0 Å². The molecule has 1 fully saturated rings. The summed E-state index contributed by atoms with van der Waals surface area (Å²) in [6, 6.07) is 5.13. The summed E-state index contributed by atoms with van der Waals surface area (Å²) in [5, 5.41) is 12.2. The van der Waals surface area contributed by atoms with Gasteiger partial charge in [-0.05, 0) is 17.7 Å². The zero-order valence-corrected chi connectivity index (χ0v) is 10.9. The number of hydrogen-bond acceptors (Lipinski definition) is 4. The monoisotopic (exact) mass is 289 g/mol. The molecule has 5 nitrogen and oxygen atoms in total. The highest BCUT2D eigenvalue weighted by atomic mass is 35.5. The molecule has 0 spiro atoms. The van der Waals surface area contributed by atoms with E-state index >= 15 is 0 Å². The Balaban J connectivity index is 2.30. The number of carboxylic acids is 1. The third-order valence-electron chi connectivity index (χ3n) is 2.79. The smallest absolute Gasteiger partial charge is 0.321 e. The summed E-state index contributed by atoms with van der Waals surface area (Å²) in [6.07, 6.45) is 0. The van der Waals surface area contributed by atoms with Crippen LogP contribution in [0.1, 0.15) is 11.6 Å². The van der Waals surface area contributed by atoms with E-state index in [1.165, 1.54) is 0 Å². The number of aliphatic carboxylic acids is 1. The average Bonchev–Trinajstić information content (AvgIpc) is 2.26. The molecule has 0 bridgehead atoms. The van der Waals surface area contributed by atoms with Crippen LogP contribution in [-0.4, -0.2) is 37.0 Å². The molecule has 0 aromatic heterocycles. The Morgan fingerprint density at radius 1 is 1.39 bits per heavy atom. The van der Waals surface area contributed by atoms with Crippen LogP contribution in [0.5, 0.6) is 0 Å². The minimum atomic E-state index is -3.37. The second kappa shape index (κ2) is 4.87. The zero-order chi connectivity index (χ0) is 13.3. The van der Waals surface area contributed by atoms with E-state index in [9.17, 15) is 13.2 Å². The van der Waals surface area contributed by atoms with E-state index in [1.54, 1.807) is 24.3 Å². The molecule has 2 rings (SSSR count). The Hall–Kier alpha value is -1.11. The van der Waals surface area contributed by atoms with Gasteiger partial charge in [0.05, 0.1) is 11.5 Å². The van der Waals surface area contributed by atoms with Crippen LogP contribution in [0.2, 0.25) is 5.02 Å². The van der Waals surface area contributed by atoms with Gasteiger partial charge >= 0.3 is 5.97 Å². The molecule has 1 aliphatic heterocycles. The molecule has 0 aliphatic carbocycles. The maximum Gasteiger partial charge on any atom is 0.321 e. The minimum Gasteiger partial charge on any atom is -0.480 e. The van der Waals surface area contributed by atoms with Gasteiger partial charge in [-0.1, -0.05) is 23.7 Å². The quantitative estimate of drug-likeness (QED) is 0.843. The highest BCUT2D eigenvalue weighted by Crippen LogP contribution is 2.23. The van der Waals surface area contributed by atoms with Gasteiger partial charge in [-0.2, -0.15) is 0 Å².